The summed E-state index contributed by atoms with van der Waals surface area (Å²) in [5.74, 6) is 3.10. The Morgan fingerprint density at radius 3 is 1.85 bits per heavy atom. The zero-order chi connectivity index (χ0) is 14.1. The summed E-state index contributed by atoms with van der Waals surface area (Å²) in [6, 6.07) is 1.15. The van der Waals surface area contributed by atoms with E-state index < -0.39 is 0 Å². The van der Waals surface area contributed by atoms with Gasteiger partial charge in [-0.3, -0.25) is 0 Å². The lowest BCUT2D eigenvalue weighted by Crippen LogP contribution is -2.65. The predicted molar refractivity (Wildman–Crippen MR) is 81.4 cm³/mol. The molecular formula is C18H31NO. The SMILES string of the molecule is CC(NC1CC(O)C1(C)C)C12CC3CC(CC(C3)C1)C2. The molecule has 5 rings (SSSR count). The Hall–Kier alpha value is -0.0800. The highest BCUT2D eigenvalue weighted by Gasteiger charge is 2.55. The van der Waals surface area contributed by atoms with Crippen molar-refractivity contribution in [1.29, 1.82) is 0 Å². The van der Waals surface area contributed by atoms with Crippen molar-refractivity contribution in [3.05, 3.63) is 0 Å². The quantitative estimate of drug-likeness (QED) is 0.829. The summed E-state index contributed by atoms with van der Waals surface area (Å²) in [7, 11) is 0. The molecule has 0 aromatic heterocycles. The first-order valence-corrected chi connectivity index (χ1v) is 8.83. The topological polar surface area (TPSA) is 32.3 Å². The fourth-order valence-corrected chi connectivity index (χ4v) is 6.37. The molecule has 5 aliphatic rings. The van der Waals surface area contributed by atoms with Crippen molar-refractivity contribution in [2.45, 2.75) is 83.9 Å². The van der Waals surface area contributed by atoms with Crippen LogP contribution in [0.15, 0.2) is 0 Å². The van der Waals surface area contributed by atoms with Crippen molar-refractivity contribution in [3.8, 4) is 0 Å². The van der Waals surface area contributed by atoms with E-state index in [0.29, 0.717) is 17.5 Å². The van der Waals surface area contributed by atoms with Crippen molar-refractivity contribution in [2.24, 2.45) is 28.6 Å². The molecule has 0 amide bonds. The zero-order valence-electron chi connectivity index (χ0n) is 13.4. The molecule has 4 bridgehead atoms. The summed E-state index contributed by atoms with van der Waals surface area (Å²) in [5, 5.41) is 13.9. The summed E-state index contributed by atoms with van der Waals surface area (Å²) < 4.78 is 0. The molecule has 5 fully saturated rings. The van der Waals surface area contributed by atoms with E-state index in [2.05, 4.69) is 26.1 Å². The first kappa shape index (κ1) is 13.6. The second kappa shape index (κ2) is 4.23. The average molecular weight is 277 g/mol. The Kier molecular flexibility index (Phi) is 2.87. The highest BCUT2D eigenvalue weighted by molar-refractivity contribution is 5.08. The Labute approximate surface area is 123 Å². The lowest BCUT2D eigenvalue weighted by atomic mass is 9.47. The van der Waals surface area contributed by atoms with E-state index in [9.17, 15) is 5.11 Å². The molecule has 20 heavy (non-hydrogen) atoms. The maximum Gasteiger partial charge on any atom is 0.0621 e. The third-order valence-electron chi connectivity index (χ3n) is 7.67. The first-order chi connectivity index (χ1) is 9.39. The largest absolute Gasteiger partial charge is 0.392 e. The van der Waals surface area contributed by atoms with Crippen molar-refractivity contribution in [3.63, 3.8) is 0 Å². The highest BCUT2D eigenvalue weighted by atomic mass is 16.3. The van der Waals surface area contributed by atoms with Gasteiger partial charge in [-0.15, -0.1) is 0 Å². The minimum absolute atomic E-state index is 0.0660. The Morgan fingerprint density at radius 2 is 1.45 bits per heavy atom. The second-order valence-corrected chi connectivity index (χ2v) is 9.29. The van der Waals surface area contributed by atoms with Gasteiger partial charge in [0.15, 0.2) is 0 Å². The summed E-state index contributed by atoms with van der Waals surface area (Å²) >= 11 is 0. The molecule has 3 atom stereocenters. The van der Waals surface area contributed by atoms with Crippen molar-refractivity contribution in [2.75, 3.05) is 0 Å². The lowest BCUT2D eigenvalue weighted by Gasteiger charge is -2.61. The van der Waals surface area contributed by atoms with Gasteiger partial charge in [0.25, 0.3) is 0 Å². The Bertz CT molecular complexity index is 367. The number of nitrogens with one attached hydrogen (secondary N) is 1. The van der Waals surface area contributed by atoms with Gasteiger partial charge in [0, 0.05) is 17.5 Å². The van der Waals surface area contributed by atoms with Gasteiger partial charge < -0.3 is 10.4 Å². The minimum Gasteiger partial charge on any atom is -0.392 e. The number of hydrogen-bond acceptors (Lipinski definition) is 2. The summed E-state index contributed by atoms with van der Waals surface area (Å²) in [6.45, 7) is 6.87. The monoisotopic (exact) mass is 277 g/mol. The van der Waals surface area contributed by atoms with Gasteiger partial charge in [0.05, 0.1) is 6.10 Å². The van der Waals surface area contributed by atoms with Crippen LogP contribution in [-0.2, 0) is 0 Å². The number of aliphatic hydroxyl groups is 1. The fourth-order valence-electron chi connectivity index (χ4n) is 6.37. The van der Waals surface area contributed by atoms with Crippen LogP contribution < -0.4 is 5.32 Å². The van der Waals surface area contributed by atoms with Crippen LogP contribution in [-0.4, -0.2) is 23.3 Å². The number of rotatable bonds is 3. The molecule has 0 heterocycles. The molecule has 5 saturated carbocycles. The Morgan fingerprint density at radius 1 is 0.950 bits per heavy atom. The minimum atomic E-state index is -0.108. The number of aliphatic hydroxyl groups excluding tert-OH is 1. The summed E-state index contributed by atoms with van der Waals surface area (Å²) in [4.78, 5) is 0. The third kappa shape index (κ3) is 1.83. The molecule has 0 aromatic rings. The molecule has 0 radical (unpaired) electrons. The van der Waals surface area contributed by atoms with E-state index in [0.717, 1.165) is 24.2 Å². The smallest absolute Gasteiger partial charge is 0.0621 e. The summed E-state index contributed by atoms with van der Waals surface area (Å²) in [6.07, 6.45) is 9.85. The van der Waals surface area contributed by atoms with Gasteiger partial charge in [-0.1, -0.05) is 13.8 Å². The van der Waals surface area contributed by atoms with Crippen molar-refractivity contribution < 1.29 is 5.11 Å². The van der Waals surface area contributed by atoms with Gasteiger partial charge in [-0.05, 0) is 75.0 Å². The standard InChI is InChI=1S/C18H31NO/c1-11(19-15-7-16(20)17(15,2)3)18-8-12-4-13(9-18)6-14(5-12)10-18/h11-16,19-20H,4-10H2,1-3H3. The van der Waals surface area contributed by atoms with Gasteiger partial charge in [-0.2, -0.15) is 0 Å². The molecule has 0 saturated heterocycles. The van der Waals surface area contributed by atoms with Gasteiger partial charge in [0.1, 0.15) is 0 Å². The molecule has 2 heteroatoms. The highest BCUT2D eigenvalue weighted by Crippen LogP contribution is 2.61. The molecule has 0 aromatic carbocycles. The van der Waals surface area contributed by atoms with E-state index in [1.165, 1.54) is 38.5 Å². The average Bonchev–Trinajstić information content (AvgIpc) is 2.36. The molecule has 5 aliphatic carbocycles. The van der Waals surface area contributed by atoms with Crippen molar-refractivity contribution >= 4 is 0 Å². The van der Waals surface area contributed by atoms with E-state index in [-0.39, 0.29) is 11.5 Å². The second-order valence-electron chi connectivity index (χ2n) is 9.29. The van der Waals surface area contributed by atoms with Gasteiger partial charge >= 0.3 is 0 Å². The van der Waals surface area contributed by atoms with E-state index >= 15 is 0 Å². The van der Waals surface area contributed by atoms with Crippen LogP contribution in [0.5, 0.6) is 0 Å². The van der Waals surface area contributed by atoms with Crippen LogP contribution in [0.4, 0.5) is 0 Å². The van der Waals surface area contributed by atoms with Crippen LogP contribution >= 0.6 is 0 Å². The maximum atomic E-state index is 9.95. The normalized spacial score (nSPS) is 53.7. The molecule has 2 N–H and O–H groups in total. The van der Waals surface area contributed by atoms with E-state index in [4.69, 9.17) is 0 Å². The van der Waals surface area contributed by atoms with Crippen LogP contribution in [0.1, 0.15) is 65.7 Å². The van der Waals surface area contributed by atoms with Gasteiger partial charge in [-0.25, -0.2) is 0 Å². The summed E-state index contributed by atoms with van der Waals surface area (Å²) in [5.41, 5.74) is 0.655. The molecule has 114 valence electrons. The lowest BCUT2D eigenvalue weighted by molar-refractivity contribution is -0.105. The Balaban J connectivity index is 1.47. The van der Waals surface area contributed by atoms with E-state index in [1.807, 2.05) is 0 Å². The molecular weight excluding hydrogens is 246 g/mol. The fraction of sp³-hybridized carbons (Fsp3) is 1.00. The third-order valence-corrected chi connectivity index (χ3v) is 7.67. The van der Waals surface area contributed by atoms with Crippen LogP contribution in [0, 0.1) is 28.6 Å². The van der Waals surface area contributed by atoms with Crippen molar-refractivity contribution in [1.82, 2.24) is 5.32 Å². The van der Waals surface area contributed by atoms with E-state index in [1.54, 1.807) is 0 Å². The van der Waals surface area contributed by atoms with Gasteiger partial charge in [0.2, 0.25) is 0 Å². The molecule has 2 nitrogen and oxygen atoms in total. The number of hydrogen-bond donors (Lipinski definition) is 2. The molecule has 0 aliphatic heterocycles. The maximum absolute atomic E-state index is 9.95. The van der Waals surface area contributed by atoms with Crippen LogP contribution in [0.3, 0.4) is 0 Å². The predicted octanol–water partition coefficient (Wildman–Crippen LogP) is 3.34. The first-order valence-electron chi connectivity index (χ1n) is 8.83. The van der Waals surface area contributed by atoms with Crippen LogP contribution in [0.25, 0.3) is 0 Å². The zero-order valence-corrected chi connectivity index (χ0v) is 13.4. The molecule has 3 unspecified atom stereocenters. The molecule has 0 spiro atoms. The van der Waals surface area contributed by atoms with Crippen LogP contribution in [0.2, 0.25) is 0 Å².